The zero-order valence-electron chi connectivity index (χ0n) is 13.4. The van der Waals surface area contributed by atoms with E-state index >= 15 is 0 Å². The van der Waals surface area contributed by atoms with Gasteiger partial charge in [-0.2, -0.15) is 4.31 Å². The maximum atomic E-state index is 12.6. The number of carbonyl (C=O) groups excluding carboxylic acids is 2. The highest BCUT2D eigenvalue weighted by molar-refractivity contribution is 7.89. The Kier molecular flexibility index (Phi) is 4.68. The Balaban J connectivity index is 1.79. The number of unbranched alkanes of at least 4 members (excludes halogenated alkanes) is 1. The first kappa shape index (κ1) is 17.4. The second-order valence-corrected chi connectivity index (χ2v) is 8.61. The molecule has 1 aromatic rings. The van der Waals surface area contributed by atoms with Crippen LogP contribution in [0.1, 0.15) is 46.9 Å². The molecule has 1 saturated heterocycles. The molecule has 130 valence electrons. The Labute approximate surface area is 146 Å². The molecular weight excluding hydrogens is 352 g/mol. The molecular formula is C16H19ClN2O4S. The number of hydrogen-bond donors (Lipinski definition) is 0. The zero-order valence-corrected chi connectivity index (χ0v) is 14.9. The number of amides is 2. The van der Waals surface area contributed by atoms with Crippen molar-refractivity contribution in [2.24, 2.45) is 0 Å². The number of sulfonamides is 1. The highest BCUT2D eigenvalue weighted by Crippen LogP contribution is 2.32. The molecule has 2 aliphatic rings. The molecule has 24 heavy (non-hydrogen) atoms. The normalized spacial score (nSPS) is 21.6. The van der Waals surface area contributed by atoms with Gasteiger partial charge < -0.3 is 0 Å². The Morgan fingerprint density at radius 3 is 2.67 bits per heavy atom. The number of nitrogens with zero attached hydrogens (tertiary/aromatic N) is 2. The lowest BCUT2D eigenvalue weighted by atomic mass is 10.1. The van der Waals surface area contributed by atoms with E-state index in [0.717, 1.165) is 6.42 Å². The lowest BCUT2D eigenvalue weighted by molar-refractivity contribution is 0.0593. The summed E-state index contributed by atoms with van der Waals surface area (Å²) in [4.78, 5) is 26.3. The van der Waals surface area contributed by atoms with Gasteiger partial charge in [0, 0.05) is 13.1 Å². The zero-order chi connectivity index (χ0) is 17.5. The summed E-state index contributed by atoms with van der Waals surface area (Å²) < 4.78 is 26.0. The molecule has 2 aliphatic heterocycles. The topological polar surface area (TPSA) is 74.8 Å². The molecule has 0 aromatic heterocycles. The lowest BCUT2D eigenvalue weighted by Gasteiger charge is -2.22. The quantitative estimate of drug-likeness (QED) is 0.744. The molecule has 1 fully saturated rings. The molecule has 0 spiro atoms. The van der Waals surface area contributed by atoms with Gasteiger partial charge in [0.1, 0.15) is 0 Å². The maximum Gasteiger partial charge on any atom is 0.263 e. The third-order valence-electron chi connectivity index (χ3n) is 4.54. The fraction of sp³-hybridized carbons (Fsp3) is 0.500. The Bertz CT molecular complexity index is 793. The molecule has 1 aromatic carbocycles. The largest absolute Gasteiger partial charge is 0.270 e. The molecule has 0 bridgehead atoms. The van der Waals surface area contributed by atoms with E-state index in [-0.39, 0.29) is 22.9 Å². The summed E-state index contributed by atoms with van der Waals surface area (Å²) in [6.45, 7) is 2.43. The number of fused-ring (bicyclic) bond motifs is 1. The molecule has 6 nitrogen and oxygen atoms in total. The summed E-state index contributed by atoms with van der Waals surface area (Å²) in [6, 6.07) is 4.34. The molecule has 1 atom stereocenters. The van der Waals surface area contributed by atoms with Crippen LogP contribution in [0.15, 0.2) is 18.2 Å². The highest BCUT2D eigenvalue weighted by atomic mass is 35.5. The predicted molar refractivity (Wildman–Crippen MR) is 90.6 cm³/mol. The third kappa shape index (κ3) is 2.85. The van der Waals surface area contributed by atoms with E-state index < -0.39 is 27.9 Å². The van der Waals surface area contributed by atoms with Crippen LogP contribution >= 0.6 is 11.6 Å². The smallest absolute Gasteiger partial charge is 0.263 e. The van der Waals surface area contributed by atoms with Crippen molar-refractivity contribution in [2.45, 2.75) is 32.2 Å². The molecule has 0 saturated carbocycles. The number of halogens is 1. The predicted octanol–water partition coefficient (Wildman–Crippen LogP) is 2.14. The average molecular weight is 371 g/mol. The first-order valence-corrected chi connectivity index (χ1v) is 9.99. The van der Waals surface area contributed by atoms with Crippen molar-refractivity contribution in [2.75, 3.05) is 18.8 Å². The van der Waals surface area contributed by atoms with Crippen molar-refractivity contribution < 1.29 is 18.0 Å². The van der Waals surface area contributed by atoms with Gasteiger partial charge in [-0.1, -0.05) is 31.0 Å². The van der Waals surface area contributed by atoms with Gasteiger partial charge in [-0.05, 0) is 25.0 Å². The van der Waals surface area contributed by atoms with E-state index in [1.165, 1.54) is 9.21 Å². The van der Waals surface area contributed by atoms with Gasteiger partial charge in [-0.15, -0.1) is 0 Å². The summed E-state index contributed by atoms with van der Waals surface area (Å²) in [6.07, 6.45) is 1.86. The number of carbonyl (C=O) groups is 2. The van der Waals surface area contributed by atoms with Crippen molar-refractivity contribution >= 4 is 33.4 Å². The van der Waals surface area contributed by atoms with E-state index in [1.54, 1.807) is 18.2 Å². The van der Waals surface area contributed by atoms with Crippen molar-refractivity contribution in [3.8, 4) is 0 Å². The maximum absolute atomic E-state index is 12.6. The fourth-order valence-corrected chi connectivity index (χ4v) is 5.17. The minimum Gasteiger partial charge on any atom is -0.270 e. The molecule has 3 rings (SSSR count). The van der Waals surface area contributed by atoms with Gasteiger partial charge in [-0.3, -0.25) is 14.5 Å². The number of hydrogen-bond acceptors (Lipinski definition) is 4. The second-order valence-electron chi connectivity index (χ2n) is 6.11. The lowest BCUT2D eigenvalue weighted by Crippen LogP contribution is -2.42. The summed E-state index contributed by atoms with van der Waals surface area (Å²) in [5, 5.41) is 0.249. The summed E-state index contributed by atoms with van der Waals surface area (Å²) >= 11 is 6.05. The molecule has 0 radical (unpaired) electrons. The van der Waals surface area contributed by atoms with Crippen molar-refractivity contribution in [1.29, 1.82) is 0 Å². The van der Waals surface area contributed by atoms with E-state index in [4.69, 9.17) is 11.6 Å². The van der Waals surface area contributed by atoms with Crippen LogP contribution in [0.2, 0.25) is 5.02 Å². The van der Waals surface area contributed by atoms with Crippen LogP contribution in [0.25, 0.3) is 0 Å². The fourth-order valence-electron chi connectivity index (χ4n) is 3.22. The first-order chi connectivity index (χ1) is 11.4. The molecule has 0 N–H and O–H groups in total. The molecule has 0 aliphatic carbocycles. The van der Waals surface area contributed by atoms with Gasteiger partial charge in [0.25, 0.3) is 11.8 Å². The Hall–Kier alpha value is -1.44. The van der Waals surface area contributed by atoms with Crippen molar-refractivity contribution in [1.82, 2.24) is 9.21 Å². The summed E-state index contributed by atoms with van der Waals surface area (Å²) in [5.74, 6) is -0.724. The monoisotopic (exact) mass is 370 g/mol. The highest BCUT2D eigenvalue weighted by Gasteiger charge is 2.44. The van der Waals surface area contributed by atoms with Crippen LogP contribution in [0.3, 0.4) is 0 Å². The minimum atomic E-state index is -3.34. The Morgan fingerprint density at radius 1 is 1.25 bits per heavy atom. The van der Waals surface area contributed by atoms with Gasteiger partial charge in [-0.25, -0.2) is 8.42 Å². The number of imide groups is 1. The average Bonchev–Trinajstić information content (AvgIpc) is 3.11. The molecule has 8 heteroatoms. The van der Waals surface area contributed by atoms with Gasteiger partial charge in [0.15, 0.2) is 0 Å². The molecule has 1 unspecified atom stereocenters. The van der Waals surface area contributed by atoms with Crippen LogP contribution in [0.5, 0.6) is 0 Å². The standard InChI is InChI=1S/C16H19ClN2O4S/c1-2-3-9-24(22,23)18-8-7-11(10-18)19-15(20)12-5-4-6-13(17)14(12)16(19)21/h4-6,11H,2-3,7-10H2,1H3. The van der Waals surface area contributed by atoms with Crippen LogP contribution in [-0.4, -0.2) is 54.3 Å². The van der Waals surface area contributed by atoms with Gasteiger partial charge >= 0.3 is 0 Å². The van der Waals surface area contributed by atoms with Crippen LogP contribution in [-0.2, 0) is 10.0 Å². The summed E-state index contributed by atoms with van der Waals surface area (Å²) in [5.41, 5.74) is 0.510. The Morgan fingerprint density at radius 2 is 2.00 bits per heavy atom. The first-order valence-electron chi connectivity index (χ1n) is 8.01. The van der Waals surface area contributed by atoms with Crippen molar-refractivity contribution in [3.63, 3.8) is 0 Å². The van der Waals surface area contributed by atoms with Crippen LogP contribution in [0.4, 0.5) is 0 Å². The van der Waals surface area contributed by atoms with Crippen LogP contribution in [0, 0.1) is 0 Å². The summed E-state index contributed by atoms with van der Waals surface area (Å²) in [7, 11) is -3.34. The number of benzene rings is 1. The van der Waals surface area contributed by atoms with Gasteiger partial charge in [0.2, 0.25) is 10.0 Å². The van der Waals surface area contributed by atoms with E-state index in [9.17, 15) is 18.0 Å². The third-order valence-corrected chi connectivity index (χ3v) is 6.77. The molecule has 2 heterocycles. The van der Waals surface area contributed by atoms with E-state index in [2.05, 4.69) is 0 Å². The molecule has 2 amide bonds. The van der Waals surface area contributed by atoms with Crippen LogP contribution < -0.4 is 0 Å². The van der Waals surface area contributed by atoms with Crippen molar-refractivity contribution in [3.05, 3.63) is 34.3 Å². The number of rotatable bonds is 5. The van der Waals surface area contributed by atoms with E-state index in [0.29, 0.717) is 24.9 Å². The minimum absolute atomic E-state index is 0.101. The SMILES string of the molecule is CCCCS(=O)(=O)N1CCC(N2C(=O)c3cccc(Cl)c3C2=O)C1. The second kappa shape index (κ2) is 6.46. The van der Waals surface area contributed by atoms with Gasteiger partial charge in [0.05, 0.1) is 27.9 Å². The van der Waals surface area contributed by atoms with E-state index in [1.807, 2.05) is 6.92 Å².